The molecule has 119 valence electrons. The minimum absolute atomic E-state index is 0.318. The van der Waals surface area contributed by atoms with Gasteiger partial charge in [0.2, 0.25) is 0 Å². The van der Waals surface area contributed by atoms with Crippen molar-refractivity contribution >= 4 is 34.1 Å². The first-order valence-electron chi connectivity index (χ1n) is 7.69. The van der Waals surface area contributed by atoms with Crippen molar-refractivity contribution in [2.24, 2.45) is 0 Å². The fourth-order valence-corrected chi connectivity index (χ4v) is 3.29. The van der Waals surface area contributed by atoms with Crippen LogP contribution < -0.4 is 0 Å². The SMILES string of the molecule is CCOC(=O)c1cn2c(c(Cl)nc3ccccc32)c1[C]1[CH][CH][CH][CH]1. The highest BCUT2D eigenvalue weighted by Gasteiger charge is 2.30. The molecule has 0 N–H and O–H groups in total. The number of hydrogen-bond donors (Lipinski definition) is 0. The van der Waals surface area contributed by atoms with Gasteiger partial charge in [0.05, 0.1) is 28.7 Å². The largest absolute Gasteiger partial charge is 0.462 e. The molecule has 1 aliphatic carbocycles. The van der Waals surface area contributed by atoms with Crippen LogP contribution in [0.5, 0.6) is 0 Å². The highest BCUT2D eigenvalue weighted by Crippen LogP contribution is 2.39. The molecule has 0 unspecified atom stereocenters. The van der Waals surface area contributed by atoms with Crippen LogP contribution in [0.1, 0.15) is 22.8 Å². The number of fused-ring (bicyclic) bond motifs is 3. The average Bonchev–Trinajstić information content (AvgIpc) is 3.22. The molecule has 2 heterocycles. The highest BCUT2D eigenvalue weighted by molar-refractivity contribution is 6.33. The summed E-state index contributed by atoms with van der Waals surface area (Å²) in [5.74, 6) is 0.553. The van der Waals surface area contributed by atoms with Gasteiger partial charge in [-0.1, -0.05) is 23.7 Å². The molecule has 4 rings (SSSR count). The summed E-state index contributed by atoms with van der Waals surface area (Å²) in [6.07, 6.45) is 9.53. The lowest BCUT2D eigenvalue weighted by atomic mass is 9.95. The van der Waals surface area contributed by atoms with E-state index in [-0.39, 0.29) is 5.97 Å². The number of esters is 1. The van der Waals surface area contributed by atoms with Crippen molar-refractivity contribution in [3.05, 3.63) is 78.3 Å². The van der Waals surface area contributed by atoms with Gasteiger partial charge in [-0.15, -0.1) is 0 Å². The zero-order valence-electron chi connectivity index (χ0n) is 13.0. The molecular formula is C19H14ClN2O2. The fourth-order valence-electron chi connectivity index (χ4n) is 3.02. The molecule has 1 aliphatic rings. The van der Waals surface area contributed by atoms with E-state index < -0.39 is 0 Å². The van der Waals surface area contributed by atoms with Crippen LogP contribution in [0.4, 0.5) is 0 Å². The van der Waals surface area contributed by atoms with Crippen LogP contribution in [-0.4, -0.2) is 22.0 Å². The molecule has 3 aromatic rings. The Kier molecular flexibility index (Phi) is 3.93. The summed E-state index contributed by atoms with van der Waals surface area (Å²) in [7, 11) is 0. The van der Waals surface area contributed by atoms with Crippen molar-refractivity contribution in [1.82, 2.24) is 9.38 Å². The van der Waals surface area contributed by atoms with Crippen LogP contribution in [0.15, 0.2) is 30.5 Å². The molecule has 2 aromatic heterocycles. The standard InChI is InChI=1S/C19H14ClN2O2/c1-2-24-19(23)13-11-22-15-10-6-5-9-14(15)21-18(20)17(22)16(13)12-7-3-4-8-12/h3-11H,2H2,1H3. The maximum absolute atomic E-state index is 12.5. The number of para-hydroxylation sites is 2. The molecule has 0 aliphatic heterocycles. The van der Waals surface area contributed by atoms with Crippen molar-refractivity contribution in [2.75, 3.05) is 6.61 Å². The number of benzene rings is 1. The third kappa shape index (κ3) is 2.37. The van der Waals surface area contributed by atoms with Crippen molar-refractivity contribution in [3.8, 4) is 0 Å². The molecule has 0 spiro atoms. The number of nitrogens with zero attached hydrogens (tertiary/aromatic N) is 2. The zero-order valence-corrected chi connectivity index (χ0v) is 13.7. The molecule has 0 atom stereocenters. The molecule has 1 aromatic carbocycles. The Balaban J connectivity index is 2.05. The number of carbonyl (C=O) groups is 1. The molecule has 5 radical (unpaired) electrons. The van der Waals surface area contributed by atoms with Gasteiger partial charge in [0.25, 0.3) is 0 Å². The second-order valence-electron chi connectivity index (χ2n) is 5.42. The summed E-state index contributed by atoms with van der Waals surface area (Å²) in [6.45, 7) is 2.11. The molecule has 1 saturated carbocycles. The second kappa shape index (κ2) is 6.10. The Morgan fingerprint density at radius 2 is 2.00 bits per heavy atom. The van der Waals surface area contributed by atoms with Crippen LogP contribution in [-0.2, 0) is 4.74 Å². The topological polar surface area (TPSA) is 43.6 Å². The third-order valence-corrected chi connectivity index (χ3v) is 4.27. The summed E-state index contributed by atoms with van der Waals surface area (Å²) >= 11 is 6.47. The average molecular weight is 338 g/mol. The number of hydrogen-bond acceptors (Lipinski definition) is 3. The van der Waals surface area contributed by atoms with E-state index >= 15 is 0 Å². The normalized spacial score (nSPS) is 15.4. The summed E-state index contributed by atoms with van der Waals surface area (Å²) in [5.41, 5.74) is 3.61. The molecule has 1 fully saturated rings. The molecular weight excluding hydrogens is 324 g/mol. The lowest BCUT2D eigenvalue weighted by Gasteiger charge is -2.11. The number of carbonyl (C=O) groups excluding carboxylic acids is 1. The smallest absolute Gasteiger partial charge is 0.340 e. The minimum atomic E-state index is -0.363. The molecule has 0 saturated heterocycles. The van der Waals surface area contributed by atoms with E-state index in [9.17, 15) is 4.79 Å². The second-order valence-corrected chi connectivity index (χ2v) is 5.78. The van der Waals surface area contributed by atoms with Crippen molar-refractivity contribution in [3.63, 3.8) is 0 Å². The summed E-state index contributed by atoms with van der Waals surface area (Å²) < 4.78 is 7.15. The zero-order chi connectivity index (χ0) is 16.7. The number of halogens is 1. The third-order valence-electron chi connectivity index (χ3n) is 4.01. The van der Waals surface area contributed by atoms with E-state index in [1.165, 1.54) is 0 Å². The Labute approximate surface area is 145 Å². The first-order valence-corrected chi connectivity index (χ1v) is 8.07. The van der Waals surface area contributed by atoms with E-state index in [2.05, 4.69) is 4.98 Å². The maximum Gasteiger partial charge on any atom is 0.340 e. The summed E-state index contributed by atoms with van der Waals surface area (Å²) in [6, 6.07) is 7.69. The first kappa shape index (κ1) is 15.5. The minimum Gasteiger partial charge on any atom is -0.462 e. The Bertz CT molecular complexity index is 926. The molecule has 5 heteroatoms. The van der Waals surface area contributed by atoms with Gasteiger partial charge >= 0.3 is 5.97 Å². The Morgan fingerprint density at radius 1 is 1.25 bits per heavy atom. The first-order chi connectivity index (χ1) is 11.7. The predicted octanol–water partition coefficient (Wildman–Crippen LogP) is 4.07. The molecule has 0 bridgehead atoms. The Morgan fingerprint density at radius 3 is 2.75 bits per heavy atom. The number of rotatable bonds is 3. The van der Waals surface area contributed by atoms with Gasteiger partial charge in [0.15, 0.2) is 5.15 Å². The van der Waals surface area contributed by atoms with E-state index in [4.69, 9.17) is 16.3 Å². The molecule has 0 amide bonds. The van der Waals surface area contributed by atoms with Gasteiger partial charge in [-0.2, -0.15) is 0 Å². The van der Waals surface area contributed by atoms with Crippen molar-refractivity contribution in [2.45, 2.75) is 6.92 Å². The number of aromatic nitrogens is 2. The van der Waals surface area contributed by atoms with Crippen LogP contribution >= 0.6 is 11.6 Å². The summed E-state index contributed by atoms with van der Waals surface area (Å²) in [5, 5.41) is 0.362. The molecule has 24 heavy (non-hydrogen) atoms. The van der Waals surface area contributed by atoms with Gasteiger partial charge in [-0.25, -0.2) is 9.78 Å². The number of ether oxygens (including phenoxy) is 1. The predicted molar refractivity (Wildman–Crippen MR) is 93.2 cm³/mol. The van der Waals surface area contributed by atoms with Crippen molar-refractivity contribution in [1.29, 1.82) is 0 Å². The van der Waals surface area contributed by atoms with E-state index in [1.54, 1.807) is 13.1 Å². The lowest BCUT2D eigenvalue weighted by molar-refractivity contribution is 0.0526. The van der Waals surface area contributed by atoms with E-state index in [0.717, 1.165) is 22.5 Å². The monoisotopic (exact) mass is 337 g/mol. The van der Waals surface area contributed by atoms with Crippen LogP contribution in [0.3, 0.4) is 0 Å². The van der Waals surface area contributed by atoms with Crippen LogP contribution in [0.2, 0.25) is 5.15 Å². The van der Waals surface area contributed by atoms with Gasteiger partial charge < -0.3 is 9.14 Å². The van der Waals surface area contributed by atoms with Gasteiger partial charge in [0, 0.05) is 17.7 Å². The van der Waals surface area contributed by atoms with Gasteiger partial charge in [-0.3, -0.25) is 0 Å². The highest BCUT2D eigenvalue weighted by atomic mass is 35.5. The van der Waals surface area contributed by atoms with E-state index in [0.29, 0.717) is 22.8 Å². The molecule has 4 nitrogen and oxygen atoms in total. The van der Waals surface area contributed by atoms with Gasteiger partial charge in [0.1, 0.15) is 0 Å². The maximum atomic E-state index is 12.5. The quantitative estimate of drug-likeness (QED) is 0.677. The van der Waals surface area contributed by atoms with Crippen LogP contribution in [0, 0.1) is 31.6 Å². The Hall–Kier alpha value is -2.07. The fraction of sp³-hybridized carbons (Fsp3) is 0.105. The lowest BCUT2D eigenvalue weighted by Crippen LogP contribution is -2.08. The van der Waals surface area contributed by atoms with Gasteiger partial charge in [-0.05, 0) is 44.7 Å². The summed E-state index contributed by atoms with van der Waals surface area (Å²) in [4.78, 5) is 17.0. The van der Waals surface area contributed by atoms with E-state index in [1.807, 2.05) is 54.3 Å². The van der Waals surface area contributed by atoms with Crippen LogP contribution in [0.25, 0.3) is 16.6 Å². The van der Waals surface area contributed by atoms with Crippen molar-refractivity contribution < 1.29 is 9.53 Å².